The van der Waals surface area contributed by atoms with E-state index in [-0.39, 0.29) is 19.1 Å². The number of alkyl carbamates (subject to hydrolysis) is 1. The summed E-state index contributed by atoms with van der Waals surface area (Å²) in [5.74, 6) is -1.85. The number of halogens is 1. The number of nitrogens with zero attached hydrogens (tertiary/aromatic N) is 1. The Bertz CT molecular complexity index is 1220. The molecule has 2 N–H and O–H groups in total. The number of aliphatic carboxylic acids is 1. The van der Waals surface area contributed by atoms with Crippen molar-refractivity contribution in [3.8, 4) is 11.1 Å². The lowest BCUT2D eigenvalue weighted by atomic mass is 9.98. The number of carboxylic acid groups (broad SMARTS) is 1. The van der Waals surface area contributed by atoms with Crippen LogP contribution in [0.3, 0.4) is 0 Å². The van der Waals surface area contributed by atoms with Gasteiger partial charge in [-0.05, 0) is 33.9 Å². The molecule has 0 aromatic heterocycles. The Morgan fingerprint density at radius 1 is 0.971 bits per heavy atom. The third-order valence-corrected chi connectivity index (χ3v) is 6.83. The fraction of sp³-hybridized carbons (Fsp3) is 0.222. The first-order valence-corrected chi connectivity index (χ1v) is 12.0. The number of carbonyl (C=O) groups is 3. The second kappa shape index (κ2) is 10.7. The third kappa shape index (κ3) is 5.54. The van der Waals surface area contributed by atoms with Gasteiger partial charge < -0.3 is 20.1 Å². The van der Waals surface area contributed by atoms with Crippen molar-refractivity contribution in [3.05, 3.63) is 94.0 Å². The third-order valence-electron chi connectivity index (χ3n) is 6.05. The summed E-state index contributed by atoms with van der Waals surface area (Å²) < 4.78 is 6.33. The number of carbonyl (C=O) groups excluding carboxylic acids is 2. The highest BCUT2D eigenvalue weighted by Crippen LogP contribution is 2.44. The predicted molar refractivity (Wildman–Crippen MR) is 135 cm³/mol. The summed E-state index contributed by atoms with van der Waals surface area (Å²) >= 11 is 3.45. The Hall–Kier alpha value is -3.65. The van der Waals surface area contributed by atoms with Crippen LogP contribution in [0.4, 0.5) is 4.79 Å². The lowest BCUT2D eigenvalue weighted by Crippen LogP contribution is -2.48. The van der Waals surface area contributed by atoms with Crippen LogP contribution in [-0.4, -0.2) is 47.7 Å². The van der Waals surface area contributed by atoms with Crippen molar-refractivity contribution in [2.75, 3.05) is 13.7 Å². The molecular weight excluding hydrogens is 512 g/mol. The smallest absolute Gasteiger partial charge is 0.407 e. The molecule has 0 heterocycles. The van der Waals surface area contributed by atoms with E-state index in [0.717, 1.165) is 32.3 Å². The molecule has 0 saturated carbocycles. The van der Waals surface area contributed by atoms with Crippen LogP contribution in [0, 0.1) is 0 Å². The average molecular weight is 537 g/mol. The lowest BCUT2D eigenvalue weighted by Gasteiger charge is -2.24. The first-order chi connectivity index (χ1) is 16.8. The predicted octanol–water partition coefficient (Wildman–Crippen LogP) is 4.79. The number of likely N-dealkylation sites (N-methyl/N-ethyl adjacent to an activating group) is 1. The van der Waals surface area contributed by atoms with Gasteiger partial charge in [0.25, 0.3) is 0 Å². The summed E-state index contributed by atoms with van der Waals surface area (Å²) in [6, 6.07) is 22.1. The van der Waals surface area contributed by atoms with Gasteiger partial charge in [0.1, 0.15) is 12.6 Å². The van der Waals surface area contributed by atoms with Crippen LogP contribution in [0.25, 0.3) is 11.1 Å². The minimum atomic E-state index is -1.25. The molecule has 1 aliphatic rings. The maximum absolute atomic E-state index is 13.0. The van der Waals surface area contributed by atoms with Crippen LogP contribution in [-0.2, 0) is 20.9 Å². The number of hydrogen-bond donors (Lipinski definition) is 2. The van der Waals surface area contributed by atoms with Crippen LogP contribution in [0.5, 0.6) is 0 Å². The van der Waals surface area contributed by atoms with E-state index in [1.807, 2.05) is 72.8 Å². The molecule has 35 heavy (non-hydrogen) atoms. The highest BCUT2D eigenvalue weighted by molar-refractivity contribution is 9.10. The molecule has 0 aliphatic heterocycles. The number of hydrogen-bond acceptors (Lipinski definition) is 4. The van der Waals surface area contributed by atoms with E-state index in [2.05, 4.69) is 21.2 Å². The standard InChI is InChI=1S/C27H25BrN2O5/c1-30(15-17-8-2-7-13-23(17)28)26(33)24(14-25(31)32)29-27(34)35-16-22-20-11-5-3-9-18(20)19-10-4-6-12-21(19)22/h2-13,22,24H,14-16H2,1H3,(H,29,34)(H,31,32). The highest BCUT2D eigenvalue weighted by atomic mass is 79.9. The number of carboxylic acids is 1. The van der Waals surface area contributed by atoms with Crippen LogP contribution >= 0.6 is 15.9 Å². The molecule has 7 nitrogen and oxygen atoms in total. The minimum Gasteiger partial charge on any atom is -0.481 e. The molecule has 1 aliphatic carbocycles. The van der Waals surface area contributed by atoms with E-state index in [1.165, 1.54) is 4.90 Å². The molecule has 1 unspecified atom stereocenters. The van der Waals surface area contributed by atoms with E-state index < -0.39 is 30.4 Å². The zero-order valence-corrected chi connectivity index (χ0v) is 20.7. The molecule has 0 radical (unpaired) electrons. The number of nitrogens with one attached hydrogen (secondary N) is 1. The topological polar surface area (TPSA) is 95.9 Å². The van der Waals surface area contributed by atoms with Gasteiger partial charge in [0.15, 0.2) is 0 Å². The fourth-order valence-corrected chi connectivity index (χ4v) is 4.79. The Labute approximate surface area is 211 Å². The molecule has 1 atom stereocenters. The van der Waals surface area contributed by atoms with Gasteiger partial charge in [-0.25, -0.2) is 4.79 Å². The average Bonchev–Trinajstić information content (AvgIpc) is 3.16. The van der Waals surface area contributed by atoms with E-state index in [0.29, 0.717) is 0 Å². The van der Waals surface area contributed by atoms with Crippen molar-refractivity contribution < 1.29 is 24.2 Å². The van der Waals surface area contributed by atoms with Crippen LogP contribution in [0.15, 0.2) is 77.3 Å². The minimum absolute atomic E-state index is 0.0701. The quantitative estimate of drug-likeness (QED) is 0.431. The molecule has 8 heteroatoms. The zero-order valence-electron chi connectivity index (χ0n) is 19.1. The highest BCUT2D eigenvalue weighted by Gasteiger charge is 2.31. The van der Waals surface area contributed by atoms with Crippen molar-refractivity contribution in [1.82, 2.24) is 10.2 Å². The van der Waals surface area contributed by atoms with Gasteiger partial charge in [-0.1, -0.05) is 82.7 Å². The maximum atomic E-state index is 13.0. The molecule has 0 bridgehead atoms. The van der Waals surface area contributed by atoms with Gasteiger partial charge in [0.05, 0.1) is 6.42 Å². The van der Waals surface area contributed by atoms with Gasteiger partial charge in [-0.3, -0.25) is 9.59 Å². The molecule has 0 saturated heterocycles. The summed E-state index contributed by atoms with van der Waals surface area (Å²) in [5.41, 5.74) is 5.19. The van der Waals surface area contributed by atoms with Gasteiger partial charge in [-0.2, -0.15) is 0 Å². The number of amides is 2. The SMILES string of the molecule is CN(Cc1ccccc1Br)C(=O)C(CC(=O)O)NC(=O)OCC1c2ccccc2-c2ccccc21. The van der Waals surface area contributed by atoms with E-state index in [1.54, 1.807) is 7.05 Å². The molecule has 4 rings (SSSR count). The van der Waals surface area contributed by atoms with Crippen molar-refractivity contribution in [3.63, 3.8) is 0 Å². The van der Waals surface area contributed by atoms with E-state index in [9.17, 15) is 19.5 Å². The molecule has 2 amide bonds. The molecule has 3 aromatic rings. The number of rotatable bonds is 8. The fourth-order valence-electron chi connectivity index (χ4n) is 4.38. The van der Waals surface area contributed by atoms with Crippen molar-refractivity contribution in [2.24, 2.45) is 0 Å². The molecule has 180 valence electrons. The Balaban J connectivity index is 1.42. The van der Waals surface area contributed by atoms with Crippen LogP contribution in [0.2, 0.25) is 0 Å². The zero-order chi connectivity index (χ0) is 24.9. The first kappa shape index (κ1) is 24.5. The molecule has 0 fully saturated rings. The summed E-state index contributed by atoms with van der Waals surface area (Å²) in [4.78, 5) is 38.4. The summed E-state index contributed by atoms with van der Waals surface area (Å²) in [5, 5.41) is 11.8. The summed E-state index contributed by atoms with van der Waals surface area (Å²) in [6.45, 7) is 0.323. The van der Waals surface area contributed by atoms with Gasteiger partial charge in [0, 0.05) is 24.0 Å². The second-order valence-electron chi connectivity index (χ2n) is 8.41. The Morgan fingerprint density at radius 3 is 2.14 bits per heavy atom. The lowest BCUT2D eigenvalue weighted by molar-refractivity contribution is -0.142. The first-order valence-electron chi connectivity index (χ1n) is 11.2. The summed E-state index contributed by atoms with van der Waals surface area (Å²) in [7, 11) is 1.57. The van der Waals surface area contributed by atoms with E-state index >= 15 is 0 Å². The number of fused-ring (bicyclic) bond motifs is 3. The molecule has 3 aromatic carbocycles. The second-order valence-corrected chi connectivity index (χ2v) is 9.26. The maximum Gasteiger partial charge on any atom is 0.407 e. The van der Waals surface area contributed by atoms with Gasteiger partial charge >= 0.3 is 12.1 Å². The van der Waals surface area contributed by atoms with Crippen molar-refractivity contribution in [1.29, 1.82) is 0 Å². The Morgan fingerprint density at radius 2 is 1.54 bits per heavy atom. The van der Waals surface area contributed by atoms with Crippen molar-refractivity contribution in [2.45, 2.75) is 24.9 Å². The van der Waals surface area contributed by atoms with Crippen LogP contribution in [0.1, 0.15) is 29.0 Å². The largest absolute Gasteiger partial charge is 0.481 e. The van der Waals surface area contributed by atoms with Crippen molar-refractivity contribution >= 4 is 33.9 Å². The van der Waals surface area contributed by atoms with Gasteiger partial charge in [-0.15, -0.1) is 0 Å². The number of benzene rings is 3. The molecular formula is C27H25BrN2O5. The molecule has 0 spiro atoms. The normalized spacial score (nSPS) is 12.9. The van der Waals surface area contributed by atoms with E-state index in [4.69, 9.17) is 4.74 Å². The van der Waals surface area contributed by atoms with Gasteiger partial charge in [0.2, 0.25) is 5.91 Å². The summed E-state index contributed by atoms with van der Waals surface area (Å²) in [6.07, 6.45) is -1.38. The Kier molecular flexibility index (Phi) is 7.51. The van der Waals surface area contributed by atoms with Crippen LogP contribution < -0.4 is 5.32 Å². The monoisotopic (exact) mass is 536 g/mol. The number of ether oxygens (including phenoxy) is 1.